The molecule has 0 aromatic heterocycles. The van der Waals surface area contributed by atoms with E-state index in [1.54, 1.807) is 11.8 Å². The van der Waals surface area contributed by atoms with Crippen molar-refractivity contribution in [3.63, 3.8) is 0 Å². The number of hydrogen-bond acceptors (Lipinski definition) is 1. The highest BCUT2D eigenvalue weighted by Crippen LogP contribution is 2.22. The van der Waals surface area contributed by atoms with Crippen molar-refractivity contribution < 1.29 is 0 Å². The van der Waals surface area contributed by atoms with Gasteiger partial charge in [0.1, 0.15) is 0 Å². The SMILES string of the molecule is CC.CC1=C(Br)C=CCC1.CSc1ccccc1C. The van der Waals surface area contributed by atoms with E-state index in [0.717, 1.165) is 0 Å². The Hall–Kier alpha value is -0.470. The van der Waals surface area contributed by atoms with Crippen LogP contribution < -0.4 is 0 Å². The van der Waals surface area contributed by atoms with Crippen molar-refractivity contribution in [1.29, 1.82) is 0 Å². The maximum absolute atomic E-state index is 3.45. The summed E-state index contributed by atoms with van der Waals surface area (Å²) in [5, 5.41) is 0. The van der Waals surface area contributed by atoms with Gasteiger partial charge in [0.2, 0.25) is 0 Å². The minimum absolute atomic E-state index is 1.21. The lowest BCUT2D eigenvalue weighted by Gasteiger charge is -2.04. The molecule has 0 N–H and O–H groups in total. The number of rotatable bonds is 1. The highest BCUT2D eigenvalue weighted by molar-refractivity contribution is 9.11. The van der Waals surface area contributed by atoms with Crippen LogP contribution in [-0.2, 0) is 0 Å². The van der Waals surface area contributed by atoms with Crippen molar-refractivity contribution in [2.24, 2.45) is 0 Å². The van der Waals surface area contributed by atoms with E-state index < -0.39 is 0 Å². The molecule has 1 aromatic carbocycles. The van der Waals surface area contributed by atoms with Crippen LogP contribution in [0.25, 0.3) is 0 Å². The van der Waals surface area contributed by atoms with Gasteiger partial charge >= 0.3 is 0 Å². The van der Waals surface area contributed by atoms with Crippen LogP contribution in [0.15, 0.2) is 51.4 Å². The Kier molecular flexibility index (Phi) is 11.1. The zero-order valence-electron chi connectivity index (χ0n) is 12.7. The van der Waals surface area contributed by atoms with Gasteiger partial charge in [-0.15, -0.1) is 11.8 Å². The summed E-state index contributed by atoms with van der Waals surface area (Å²) in [6.45, 7) is 8.29. The molecule has 19 heavy (non-hydrogen) atoms. The van der Waals surface area contributed by atoms with E-state index in [1.807, 2.05) is 13.8 Å². The lowest BCUT2D eigenvalue weighted by molar-refractivity contribution is 0.958. The highest BCUT2D eigenvalue weighted by atomic mass is 79.9. The summed E-state index contributed by atoms with van der Waals surface area (Å²) in [4.78, 5) is 1.37. The molecule has 1 aliphatic rings. The monoisotopic (exact) mass is 340 g/mol. The standard InChI is InChI=1S/C8H10S.C7H9Br.C2H6/c1-7-5-3-4-6-8(7)9-2;1-6-4-2-3-5-7(6)8;1-2/h3-6H,1-2H3;3,5H,2,4H2,1H3;1-2H3. The van der Waals surface area contributed by atoms with Gasteiger partial charge in [0.15, 0.2) is 0 Å². The van der Waals surface area contributed by atoms with Gasteiger partial charge in [-0.2, -0.15) is 0 Å². The van der Waals surface area contributed by atoms with Gasteiger partial charge in [-0.25, -0.2) is 0 Å². The average molecular weight is 341 g/mol. The fourth-order valence-corrected chi connectivity index (χ4v) is 2.52. The molecule has 0 radical (unpaired) electrons. The third-order valence-electron chi connectivity index (χ3n) is 2.67. The molecule has 2 rings (SSSR count). The van der Waals surface area contributed by atoms with Crippen molar-refractivity contribution in [2.45, 2.75) is 45.4 Å². The molecule has 1 aromatic rings. The zero-order chi connectivity index (χ0) is 14.7. The summed E-state index contributed by atoms with van der Waals surface area (Å²) in [5.41, 5.74) is 2.83. The molecule has 1 aliphatic carbocycles. The minimum Gasteiger partial charge on any atom is -0.129 e. The van der Waals surface area contributed by atoms with Crippen LogP contribution in [0.5, 0.6) is 0 Å². The number of benzene rings is 1. The quantitative estimate of drug-likeness (QED) is 0.509. The Bertz CT molecular complexity index is 419. The third kappa shape index (κ3) is 7.64. The summed E-state index contributed by atoms with van der Waals surface area (Å²) >= 11 is 5.24. The number of allylic oxidation sites excluding steroid dienone is 4. The molecular weight excluding hydrogens is 316 g/mol. The Morgan fingerprint density at radius 1 is 1.11 bits per heavy atom. The number of hydrogen-bond donors (Lipinski definition) is 0. The molecule has 106 valence electrons. The van der Waals surface area contributed by atoms with Gasteiger partial charge in [-0.1, -0.05) is 65.7 Å². The molecule has 0 amide bonds. The lowest BCUT2D eigenvalue weighted by Crippen LogP contribution is -1.83. The summed E-state index contributed by atoms with van der Waals surface area (Å²) in [6, 6.07) is 8.40. The predicted molar refractivity (Wildman–Crippen MR) is 94.3 cm³/mol. The predicted octanol–water partition coefficient (Wildman–Crippen LogP) is 6.75. The van der Waals surface area contributed by atoms with E-state index in [1.165, 1.54) is 33.4 Å². The summed E-state index contributed by atoms with van der Waals surface area (Å²) in [5.74, 6) is 0. The van der Waals surface area contributed by atoms with Gasteiger partial charge in [0.05, 0.1) is 0 Å². The second kappa shape index (κ2) is 11.4. The molecule has 0 saturated carbocycles. The first kappa shape index (κ1) is 18.5. The molecule has 0 aliphatic heterocycles. The Morgan fingerprint density at radius 2 is 1.74 bits per heavy atom. The second-order valence-corrected chi connectivity index (χ2v) is 5.74. The molecule has 0 unspecified atom stereocenters. The second-order valence-electron chi connectivity index (χ2n) is 4.04. The van der Waals surface area contributed by atoms with Crippen LogP contribution in [0.1, 0.15) is 39.2 Å². The van der Waals surface area contributed by atoms with Crippen molar-refractivity contribution in [2.75, 3.05) is 6.26 Å². The van der Waals surface area contributed by atoms with Crippen molar-refractivity contribution in [3.8, 4) is 0 Å². The van der Waals surface area contributed by atoms with Crippen LogP contribution in [0, 0.1) is 6.92 Å². The van der Waals surface area contributed by atoms with Crippen LogP contribution >= 0.6 is 27.7 Å². The number of halogens is 1. The maximum atomic E-state index is 3.45. The maximum Gasteiger partial charge on any atom is 0.0161 e. The van der Waals surface area contributed by atoms with Crippen molar-refractivity contribution in [1.82, 2.24) is 0 Å². The molecule has 0 spiro atoms. The lowest BCUT2D eigenvalue weighted by atomic mass is 10.1. The molecule has 0 saturated heterocycles. The summed E-state index contributed by atoms with van der Waals surface area (Å²) < 4.78 is 1.27. The van der Waals surface area contributed by atoms with E-state index in [2.05, 4.69) is 72.5 Å². The Morgan fingerprint density at radius 3 is 2.11 bits per heavy atom. The van der Waals surface area contributed by atoms with E-state index in [-0.39, 0.29) is 0 Å². The molecule has 0 nitrogen and oxygen atoms in total. The molecule has 0 bridgehead atoms. The largest absolute Gasteiger partial charge is 0.129 e. The zero-order valence-corrected chi connectivity index (χ0v) is 15.1. The normalized spacial score (nSPS) is 13.2. The number of aryl methyl sites for hydroxylation is 1. The Balaban J connectivity index is 0.000000303. The molecular formula is C17H25BrS. The van der Waals surface area contributed by atoms with Gasteiger partial charge in [-0.3, -0.25) is 0 Å². The summed E-state index contributed by atoms with van der Waals surface area (Å²) in [7, 11) is 0. The first-order valence-corrected chi connectivity index (χ1v) is 8.78. The van der Waals surface area contributed by atoms with E-state index >= 15 is 0 Å². The van der Waals surface area contributed by atoms with Gasteiger partial charge in [0.25, 0.3) is 0 Å². The molecule has 0 fully saturated rings. The molecule has 2 heteroatoms. The van der Waals surface area contributed by atoms with Crippen LogP contribution in [0.4, 0.5) is 0 Å². The number of thioether (sulfide) groups is 1. The highest BCUT2D eigenvalue weighted by Gasteiger charge is 1.97. The van der Waals surface area contributed by atoms with Gasteiger partial charge in [0, 0.05) is 9.38 Å². The van der Waals surface area contributed by atoms with Crippen molar-refractivity contribution >= 4 is 27.7 Å². The first-order chi connectivity index (χ1) is 9.15. The minimum atomic E-state index is 1.21. The van der Waals surface area contributed by atoms with Crippen LogP contribution in [-0.4, -0.2) is 6.26 Å². The van der Waals surface area contributed by atoms with Crippen LogP contribution in [0.2, 0.25) is 0 Å². The van der Waals surface area contributed by atoms with E-state index in [0.29, 0.717) is 0 Å². The van der Waals surface area contributed by atoms with Gasteiger partial charge < -0.3 is 0 Å². The van der Waals surface area contributed by atoms with Crippen LogP contribution in [0.3, 0.4) is 0 Å². The molecule has 0 atom stereocenters. The molecule has 0 heterocycles. The fraction of sp³-hybridized carbons (Fsp3) is 0.412. The van der Waals surface area contributed by atoms with Gasteiger partial charge in [-0.05, 0) is 44.6 Å². The van der Waals surface area contributed by atoms with Crippen molar-refractivity contribution in [3.05, 3.63) is 52.0 Å². The first-order valence-electron chi connectivity index (χ1n) is 6.76. The average Bonchev–Trinajstić information content (AvgIpc) is 2.46. The topological polar surface area (TPSA) is 0 Å². The fourth-order valence-electron chi connectivity index (χ4n) is 1.53. The van der Waals surface area contributed by atoms with E-state index in [4.69, 9.17) is 0 Å². The third-order valence-corrected chi connectivity index (χ3v) is 4.51. The van der Waals surface area contributed by atoms with E-state index in [9.17, 15) is 0 Å². The Labute approximate surface area is 131 Å². The summed E-state index contributed by atoms with van der Waals surface area (Å²) in [6.07, 6.45) is 8.84. The smallest absolute Gasteiger partial charge is 0.0161 e.